The summed E-state index contributed by atoms with van der Waals surface area (Å²) in [5, 5.41) is 11.5. The van der Waals surface area contributed by atoms with Crippen LogP contribution < -0.4 is 10.1 Å². The first-order chi connectivity index (χ1) is 13.2. The number of nitrogens with one attached hydrogen (secondary N) is 1. The number of amides is 1. The summed E-state index contributed by atoms with van der Waals surface area (Å²) in [6, 6.07) is 11.0. The molecule has 3 aromatic heterocycles. The number of methoxy groups -OCH3 is 1. The van der Waals surface area contributed by atoms with Gasteiger partial charge in [-0.15, -0.1) is 10.2 Å². The van der Waals surface area contributed by atoms with Crippen molar-refractivity contribution in [3.63, 3.8) is 0 Å². The number of aromatic nitrogens is 4. The number of fused-ring (bicyclic) bond motifs is 1. The van der Waals surface area contributed by atoms with E-state index >= 15 is 0 Å². The van der Waals surface area contributed by atoms with Gasteiger partial charge in [-0.05, 0) is 30.3 Å². The first kappa shape index (κ1) is 17.4. The Morgan fingerprint density at radius 2 is 2.22 bits per heavy atom. The number of carbonyl (C=O) groups is 1. The molecule has 0 fully saturated rings. The van der Waals surface area contributed by atoms with Gasteiger partial charge in [0.1, 0.15) is 11.4 Å². The van der Waals surface area contributed by atoms with Gasteiger partial charge in [0.25, 0.3) is 11.1 Å². The van der Waals surface area contributed by atoms with Crippen LogP contribution in [0, 0.1) is 0 Å². The van der Waals surface area contributed by atoms with Crippen molar-refractivity contribution >= 4 is 44.4 Å². The number of nitrogens with zero attached hydrogens (tertiary/aromatic N) is 4. The Kier molecular flexibility index (Phi) is 4.99. The van der Waals surface area contributed by atoms with Crippen molar-refractivity contribution in [2.24, 2.45) is 0 Å². The average Bonchev–Trinajstić information content (AvgIpc) is 3.33. The highest BCUT2D eigenvalue weighted by atomic mass is 32.2. The fourth-order valence-corrected chi connectivity index (χ4v) is 3.70. The number of anilines is 1. The summed E-state index contributed by atoms with van der Waals surface area (Å²) in [6.45, 7) is 0. The standard InChI is InChI=1S/C17H13N5O3S2/c1-24-10-5-6-11-13(8-10)27-16(19-11)20-14(23)9-26-17-22-21-15(25-17)12-4-2-3-7-18-12/h2-8H,9H2,1H3,(H,19,20,23). The van der Waals surface area contributed by atoms with E-state index in [0.717, 1.165) is 27.7 Å². The largest absolute Gasteiger partial charge is 0.497 e. The van der Waals surface area contributed by atoms with Gasteiger partial charge >= 0.3 is 0 Å². The second-order valence-corrected chi connectivity index (χ2v) is 7.23. The Bertz CT molecular complexity index is 1080. The molecule has 4 rings (SSSR count). The molecule has 0 aliphatic heterocycles. The van der Waals surface area contributed by atoms with Crippen LogP contribution in [0.15, 0.2) is 52.2 Å². The van der Waals surface area contributed by atoms with E-state index < -0.39 is 0 Å². The van der Waals surface area contributed by atoms with Crippen molar-refractivity contribution in [1.82, 2.24) is 20.2 Å². The second-order valence-electron chi connectivity index (χ2n) is 5.28. The van der Waals surface area contributed by atoms with Gasteiger partial charge in [0.2, 0.25) is 5.91 Å². The van der Waals surface area contributed by atoms with E-state index in [2.05, 4.69) is 25.5 Å². The van der Waals surface area contributed by atoms with E-state index in [9.17, 15) is 4.79 Å². The van der Waals surface area contributed by atoms with Crippen molar-refractivity contribution in [3.05, 3.63) is 42.6 Å². The molecule has 3 heterocycles. The highest BCUT2D eigenvalue weighted by molar-refractivity contribution is 7.99. The SMILES string of the molecule is COc1ccc2nc(NC(=O)CSc3nnc(-c4ccccn4)o3)sc2c1. The van der Waals surface area contributed by atoms with Gasteiger partial charge in [-0.1, -0.05) is 29.2 Å². The maximum absolute atomic E-state index is 12.2. The van der Waals surface area contributed by atoms with Crippen molar-refractivity contribution in [2.75, 3.05) is 18.2 Å². The minimum Gasteiger partial charge on any atom is -0.497 e. The quantitative estimate of drug-likeness (QED) is 0.492. The predicted octanol–water partition coefficient (Wildman–Crippen LogP) is 3.48. The van der Waals surface area contributed by atoms with E-state index in [1.165, 1.54) is 11.3 Å². The Morgan fingerprint density at radius 3 is 3.04 bits per heavy atom. The lowest BCUT2D eigenvalue weighted by atomic mass is 10.3. The molecule has 27 heavy (non-hydrogen) atoms. The molecule has 0 spiro atoms. The predicted molar refractivity (Wildman–Crippen MR) is 103 cm³/mol. The molecule has 0 atom stereocenters. The molecule has 10 heteroatoms. The number of hydrogen-bond donors (Lipinski definition) is 1. The van der Waals surface area contributed by atoms with Gasteiger partial charge in [0, 0.05) is 6.20 Å². The Hall–Kier alpha value is -2.98. The molecule has 0 radical (unpaired) electrons. The Balaban J connectivity index is 1.37. The summed E-state index contributed by atoms with van der Waals surface area (Å²) in [5.41, 5.74) is 1.40. The molecule has 0 bridgehead atoms. The third kappa shape index (κ3) is 4.07. The molecule has 0 saturated carbocycles. The molecule has 0 saturated heterocycles. The van der Waals surface area contributed by atoms with Gasteiger partial charge in [-0.25, -0.2) is 4.98 Å². The maximum Gasteiger partial charge on any atom is 0.277 e. The molecule has 0 aliphatic rings. The summed E-state index contributed by atoms with van der Waals surface area (Å²) in [4.78, 5) is 20.7. The highest BCUT2D eigenvalue weighted by Crippen LogP contribution is 2.29. The molecule has 4 aromatic rings. The van der Waals surface area contributed by atoms with Crippen LogP contribution in [0.5, 0.6) is 5.75 Å². The van der Waals surface area contributed by atoms with Crippen molar-refractivity contribution in [2.45, 2.75) is 5.22 Å². The smallest absolute Gasteiger partial charge is 0.277 e. The minimum absolute atomic E-state index is 0.128. The van der Waals surface area contributed by atoms with Crippen LogP contribution in [0.1, 0.15) is 0 Å². The first-order valence-corrected chi connectivity index (χ1v) is 9.63. The number of hydrogen-bond acceptors (Lipinski definition) is 9. The molecular weight excluding hydrogens is 386 g/mol. The topological polar surface area (TPSA) is 103 Å². The molecule has 1 N–H and O–H groups in total. The Labute approximate surface area is 162 Å². The number of thioether (sulfide) groups is 1. The molecule has 1 amide bonds. The van der Waals surface area contributed by atoms with Crippen molar-refractivity contribution in [3.8, 4) is 17.3 Å². The van der Waals surface area contributed by atoms with Gasteiger partial charge in [-0.3, -0.25) is 9.78 Å². The average molecular weight is 399 g/mol. The molecular formula is C17H13N5O3S2. The van der Waals surface area contributed by atoms with Crippen LogP contribution in [-0.4, -0.2) is 38.9 Å². The summed E-state index contributed by atoms with van der Waals surface area (Å²) in [5.74, 6) is 0.991. The van der Waals surface area contributed by atoms with E-state index in [4.69, 9.17) is 9.15 Å². The second kappa shape index (κ2) is 7.72. The maximum atomic E-state index is 12.2. The zero-order valence-corrected chi connectivity index (χ0v) is 15.7. The minimum atomic E-state index is -0.205. The van der Waals surface area contributed by atoms with Gasteiger partial charge in [0.15, 0.2) is 5.13 Å². The lowest BCUT2D eigenvalue weighted by molar-refractivity contribution is -0.113. The highest BCUT2D eigenvalue weighted by Gasteiger charge is 2.13. The summed E-state index contributed by atoms with van der Waals surface area (Å²) >= 11 is 2.54. The summed E-state index contributed by atoms with van der Waals surface area (Å²) in [7, 11) is 1.61. The van der Waals surface area contributed by atoms with Crippen LogP contribution in [0.4, 0.5) is 5.13 Å². The van der Waals surface area contributed by atoms with Crippen LogP contribution in [0.25, 0.3) is 21.8 Å². The first-order valence-electron chi connectivity index (χ1n) is 7.83. The zero-order valence-electron chi connectivity index (χ0n) is 14.1. The lowest BCUT2D eigenvalue weighted by Crippen LogP contribution is -2.13. The third-order valence-corrected chi connectivity index (χ3v) is 5.21. The molecule has 1 aromatic carbocycles. The normalized spacial score (nSPS) is 10.9. The Morgan fingerprint density at radius 1 is 1.30 bits per heavy atom. The van der Waals surface area contributed by atoms with E-state index in [0.29, 0.717) is 21.9 Å². The monoisotopic (exact) mass is 399 g/mol. The zero-order chi connectivity index (χ0) is 18.6. The van der Waals surface area contributed by atoms with Crippen LogP contribution in [0.2, 0.25) is 0 Å². The number of thiazole rings is 1. The number of benzene rings is 1. The van der Waals surface area contributed by atoms with Crippen molar-refractivity contribution in [1.29, 1.82) is 0 Å². The van der Waals surface area contributed by atoms with Crippen LogP contribution >= 0.6 is 23.1 Å². The number of rotatable bonds is 6. The van der Waals surface area contributed by atoms with Gasteiger partial charge in [-0.2, -0.15) is 0 Å². The molecule has 0 aliphatic carbocycles. The number of pyridine rings is 1. The lowest BCUT2D eigenvalue weighted by Gasteiger charge is -1.98. The van der Waals surface area contributed by atoms with Gasteiger partial charge in [0.05, 0.1) is 23.1 Å². The van der Waals surface area contributed by atoms with Crippen LogP contribution in [-0.2, 0) is 4.79 Å². The fourth-order valence-electron chi connectivity index (χ4n) is 2.23. The number of ether oxygens (including phenoxy) is 1. The van der Waals surface area contributed by atoms with E-state index in [1.807, 2.05) is 24.3 Å². The van der Waals surface area contributed by atoms with Crippen LogP contribution in [0.3, 0.4) is 0 Å². The molecule has 8 nitrogen and oxygen atoms in total. The van der Waals surface area contributed by atoms with E-state index in [-0.39, 0.29) is 11.7 Å². The summed E-state index contributed by atoms with van der Waals surface area (Å²) in [6.07, 6.45) is 1.65. The molecule has 0 unspecified atom stereocenters. The number of carbonyl (C=O) groups excluding carboxylic acids is 1. The fraction of sp³-hybridized carbons (Fsp3) is 0.118. The van der Waals surface area contributed by atoms with Crippen molar-refractivity contribution < 1.29 is 13.9 Å². The van der Waals surface area contributed by atoms with E-state index in [1.54, 1.807) is 25.4 Å². The third-order valence-electron chi connectivity index (χ3n) is 3.46. The molecule has 136 valence electrons. The summed E-state index contributed by atoms with van der Waals surface area (Å²) < 4.78 is 11.6. The van der Waals surface area contributed by atoms with Gasteiger partial charge < -0.3 is 14.5 Å².